The molecule has 0 fully saturated rings. The highest BCUT2D eigenvalue weighted by atomic mass is 32.1. The van der Waals surface area contributed by atoms with E-state index in [0.717, 1.165) is 4.88 Å². The predicted octanol–water partition coefficient (Wildman–Crippen LogP) is 1.82. The number of rotatable bonds is 3. The van der Waals surface area contributed by atoms with Crippen LogP contribution in [0.2, 0.25) is 0 Å². The molecule has 0 saturated carbocycles. The Hall–Kier alpha value is -0.380. The van der Waals surface area contributed by atoms with E-state index in [1.54, 1.807) is 18.4 Å². The molecule has 0 radical (unpaired) electrons. The van der Waals surface area contributed by atoms with Gasteiger partial charge < -0.3 is 9.84 Å². The second-order valence-electron chi connectivity index (χ2n) is 2.40. The molecule has 0 bridgehead atoms. The number of aliphatic hydroxyl groups excluding tert-OH is 1. The van der Waals surface area contributed by atoms with Gasteiger partial charge in [-0.3, -0.25) is 0 Å². The highest BCUT2D eigenvalue weighted by Crippen LogP contribution is 2.22. The normalized spacial score (nSPS) is 16.3. The fourth-order valence-electron chi connectivity index (χ4n) is 0.820. The molecule has 0 saturated heterocycles. The average molecular weight is 172 g/mol. The van der Waals surface area contributed by atoms with E-state index >= 15 is 0 Å². The van der Waals surface area contributed by atoms with Gasteiger partial charge in [0.15, 0.2) is 0 Å². The molecule has 2 unspecified atom stereocenters. The molecule has 3 heteroatoms. The lowest BCUT2D eigenvalue weighted by atomic mass is 10.2. The topological polar surface area (TPSA) is 29.5 Å². The quantitative estimate of drug-likeness (QED) is 0.753. The lowest BCUT2D eigenvalue weighted by Gasteiger charge is -2.15. The molecule has 0 aliphatic heterocycles. The van der Waals surface area contributed by atoms with E-state index in [-0.39, 0.29) is 6.10 Å². The summed E-state index contributed by atoms with van der Waals surface area (Å²) in [6.45, 7) is 1.85. The van der Waals surface area contributed by atoms with Crippen LogP contribution in [0.25, 0.3) is 0 Å². The van der Waals surface area contributed by atoms with Crippen molar-refractivity contribution in [3.63, 3.8) is 0 Å². The van der Waals surface area contributed by atoms with Gasteiger partial charge in [-0.2, -0.15) is 0 Å². The molecule has 1 rings (SSSR count). The second kappa shape index (κ2) is 3.85. The van der Waals surface area contributed by atoms with Crippen molar-refractivity contribution in [3.8, 4) is 0 Å². The van der Waals surface area contributed by atoms with Gasteiger partial charge in [-0.05, 0) is 18.4 Å². The molecule has 2 nitrogen and oxygen atoms in total. The van der Waals surface area contributed by atoms with Crippen molar-refractivity contribution < 1.29 is 9.84 Å². The van der Waals surface area contributed by atoms with Crippen LogP contribution in [0.5, 0.6) is 0 Å². The first-order chi connectivity index (χ1) is 5.25. The van der Waals surface area contributed by atoms with Crippen molar-refractivity contribution in [1.82, 2.24) is 0 Å². The minimum Gasteiger partial charge on any atom is -0.385 e. The van der Waals surface area contributed by atoms with Gasteiger partial charge in [-0.25, -0.2) is 0 Å². The van der Waals surface area contributed by atoms with Crippen LogP contribution in [-0.4, -0.2) is 18.3 Å². The van der Waals surface area contributed by atoms with Crippen LogP contribution in [0.15, 0.2) is 17.5 Å². The molecule has 1 N–H and O–H groups in total. The minimum absolute atomic E-state index is 0.131. The third-order valence-electron chi connectivity index (χ3n) is 1.65. The average Bonchev–Trinajstić information content (AvgIpc) is 2.53. The molecule has 0 aromatic carbocycles. The Morgan fingerprint density at radius 1 is 1.64 bits per heavy atom. The number of thiophene rings is 1. The maximum Gasteiger partial charge on any atom is 0.114 e. The summed E-state index contributed by atoms with van der Waals surface area (Å²) >= 11 is 1.54. The van der Waals surface area contributed by atoms with Crippen LogP contribution in [0.3, 0.4) is 0 Å². The number of methoxy groups -OCH3 is 1. The zero-order chi connectivity index (χ0) is 8.27. The van der Waals surface area contributed by atoms with E-state index in [1.807, 2.05) is 24.4 Å². The highest BCUT2D eigenvalue weighted by Gasteiger charge is 2.15. The van der Waals surface area contributed by atoms with Gasteiger partial charge >= 0.3 is 0 Å². The van der Waals surface area contributed by atoms with E-state index < -0.39 is 6.10 Å². The first-order valence-corrected chi connectivity index (χ1v) is 4.38. The van der Waals surface area contributed by atoms with Crippen LogP contribution in [0.4, 0.5) is 0 Å². The van der Waals surface area contributed by atoms with Crippen molar-refractivity contribution in [1.29, 1.82) is 0 Å². The lowest BCUT2D eigenvalue weighted by molar-refractivity contribution is 0.000431. The van der Waals surface area contributed by atoms with Crippen LogP contribution in [-0.2, 0) is 4.74 Å². The van der Waals surface area contributed by atoms with E-state index in [0.29, 0.717) is 0 Å². The summed E-state index contributed by atoms with van der Waals surface area (Å²) in [4.78, 5) is 0.958. The molecule has 0 aliphatic carbocycles. The van der Waals surface area contributed by atoms with Crippen molar-refractivity contribution >= 4 is 11.3 Å². The molecular formula is C8H12O2S. The maximum absolute atomic E-state index is 9.56. The lowest BCUT2D eigenvalue weighted by Crippen LogP contribution is -2.15. The second-order valence-corrected chi connectivity index (χ2v) is 3.38. The van der Waals surface area contributed by atoms with Gasteiger partial charge in [0.25, 0.3) is 0 Å². The van der Waals surface area contributed by atoms with Gasteiger partial charge in [0.05, 0.1) is 6.10 Å². The summed E-state index contributed by atoms with van der Waals surface area (Å²) in [5.41, 5.74) is 0. The van der Waals surface area contributed by atoms with Crippen LogP contribution < -0.4 is 0 Å². The molecular weight excluding hydrogens is 160 g/mol. The first-order valence-electron chi connectivity index (χ1n) is 3.50. The van der Waals surface area contributed by atoms with E-state index in [4.69, 9.17) is 4.74 Å². The molecule has 0 amide bonds. The Balaban J connectivity index is 2.62. The Morgan fingerprint density at radius 3 is 2.82 bits per heavy atom. The van der Waals surface area contributed by atoms with E-state index in [9.17, 15) is 5.11 Å². The molecule has 1 heterocycles. The molecule has 1 aromatic heterocycles. The van der Waals surface area contributed by atoms with Crippen molar-refractivity contribution in [3.05, 3.63) is 22.4 Å². The van der Waals surface area contributed by atoms with Crippen LogP contribution >= 0.6 is 11.3 Å². The summed E-state index contributed by atoms with van der Waals surface area (Å²) in [7, 11) is 1.60. The fraction of sp³-hybridized carbons (Fsp3) is 0.500. The van der Waals surface area contributed by atoms with E-state index in [2.05, 4.69) is 0 Å². The molecule has 1 aromatic rings. The molecule has 11 heavy (non-hydrogen) atoms. The van der Waals surface area contributed by atoms with Gasteiger partial charge in [0.1, 0.15) is 6.10 Å². The maximum atomic E-state index is 9.56. The van der Waals surface area contributed by atoms with Gasteiger partial charge in [0.2, 0.25) is 0 Å². The number of hydrogen-bond donors (Lipinski definition) is 1. The van der Waals surface area contributed by atoms with Crippen molar-refractivity contribution in [2.24, 2.45) is 0 Å². The number of ether oxygens (including phenoxy) is 1. The van der Waals surface area contributed by atoms with Gasteiger partial charge in [-0.15, -0.1) is 11.3 Å². The van der Waals surface area contributed by atoms with Crippen molar-refractivity contribution in [2.45, 2.75) is 19.1 Å². The number of aliphatic hydroxyl groups is 1. The minimum atomic E-state index is -0.486. The summed E-state index contributed by atoms with van der Waals surface area (Å²) in [5, 5.41) is 11.5. The highest BCUT2D eigenvalue weighted by molar-refractivity contribution is 7.10. The SMILES string of the molecule is COC(C)C(O)c1cccs1. The zero-order valence-electron chi connectivity index (χ0n) is 6.65. The standard InChI is InChI=1S/C8H12O2S/c1-6(10-2)8(9)7-4-3-5-11-7/h3-6,8-9H,1-2H3. The monoisotopic (exact) mass is 172 g/mol. The van der Waals surface area contributed by atoms with Gasteiger partial charge in [-0.1, -0.05) is 6.07 Å². The third-order valence-corrected chi connectivity index (χ3v) is 2.59. The molecule has 0 aliphatic rings. The van der Waals surface area contributed by atoms with Crippen molar-refractivity contribution in [2.75, 3.05) is 7.11 Å². The smallest absolute Gasteiger partial charge is 0.114 e. The third kappa shape index (κ3) is 2.02. The first kappa shape index (κ1) is 8.71. The Morgan fingerprint density at radius 2 is 2.36 bits per heavy atom. The summed E-state index contributed by atoms with van der Waals surface area (Å²) in [5.74, 6) is 0. The van der Waals surface area contributed by atoms with Crippen LogP contribution in [0.1, 0.15) is 17.9 Å². The molecule has 0 spiro atoms. The Kier molecular flexibility index (Phi) is 3.05. The fourth-order valence-corrected chi connectivity index (χ4v) is 1.62. The van der Waals surface area contributed by atoms with Crippen LogP contribution in [0, 0.1) is 0 Å². The van der Waals surface area contributed by atoms with Gasteiger partial charge in [0, 0.05) is 12.0 Å². The zero-order valence-corrected chi connectivity index (χ0v) is 7.47. The summed E-state index contributed by atoms with van der Waals surface area (Å²) in [6.07, 6.45) is -0.617. The summed E-state index contributed by atoms with van der Waals surface area (Å²) in [6, 6.07) is 3.83. The number of hydrogen-bond acceptors (Lipinski definition) is 3. The Labute approximate surface area is 70.4 Å². The summed E-state index contributed by atoms with van der Waals surface area (Å²) < 4.78 is 4.99. The predicted molar refractivity (Wildman–Crippen MR) is 45.7 cm³/mol. The largest absolute Gasteiger partial charge is 0.385 e. The molecule has 62 valence electrons. The Bertz CT molecular complexity index is 196. The molecule has 2 atom stereocenters. The van der Waals surface area contributed by atoms with E-state index in [1.165, 1.54) is 0 Å².